The zero-order chi connectivity index (χ0) is 23.7. The van der Waals surface area contributed by atoms with Gasteiger partial charge in [0.1, 0.15) is 0 Å². The van der Waals surface area contributed by atoms with Crippen LogP contribution in [0.2, 0.25) is 0 Å². The first-order chi connectivity index (χ1) is 16.5. The van der Waals surface area contributed by atoms with E-state index in [1.165, 1.54) is 4.88 Å². The van der Waals surface area contributed by atoms with Crippen LogP contribution in [-0.2, 0) is 16.1 Å². The Hall–Kier alpha value is -2.89. The summed E-state index contributed by atoms with van der Waals surface area (Å²) in [6, 6.07) is 2.39. The van der Waals surface area contributed by atoms with Crippen LogP contribution in [0.5, 0.6) is 0 Å². The lowest BCUT2D eigenvalue weighted by molar-refractivity contribution is -0.128. The summed E-state index contributed by atoms with van der Waals surface area (Å²) in [7, 11) is 0. The van der Waals surface area contributed by atoms with Crippen molar-refractivity contribution in [2.75, 3.05) is 56.6 Å². The number of nitrogens with two attached hydrogens (primary N) is 1. The van der Waals surface area contributed by atoms with Crippen LogP contribution in [-0.4, -0.2) is 87.6 Å². The predicted octanol–water partition coefficient (Wildman–Crippen LogP) is 2.01. The number of ether oxygens (including phenoxy) is 1. The van der Waals surface area contributed by atoms with E-state index in [1.54, 1.807) is 30.7 Å². The van der Waals surface area contributed by atoms with Gasteiger partial charge in [0.25, 0.3) is 0 Å². The van der Waals surface area contributed by atoms with Crippen molar-refractivity contribution in [3.63, 3.8) is 0 Å². The summed E-state index contributed by atoms with van der Waals surface area (Å²) < 4.78 is 6.75. The molecule has 1 atom stereocenters. The summed E-state index contributed by atoms with van der Waals surface area (Å²) in [6.07, 6.45) is 4.32. The van der Waals surface area contributed by atoms with Gasteiger partial charge in [-0.1, -0.05) is 0 Å². The number of amides is 1. The monoisotopic (exact) mass is 482 g/mol. The van der Waals surface area contributed by atoms with E-state index in [2.05, 4.69) is 32.8 Å². The van der Waals surface area contributed by atoms with Crippen LogP contribution in [0.3, 0.4) is 0 Å². The molecule has 0 unspecified atom stereocenters. The molecule has 2 N–H and O–H groups in total. The third kappa shape index (κ3) is 4.82. The second kappa shape index (κ2) is 9.77. The first-order valence-corrected chi connectivity index (χ1v) is 12.5. The number of nitrogen functional groups attached to an aromatic ring is 1. The number of morpholine rings is 1. The van der Waals surface area contributed by atoms with Crippen molar-refractivity contribution in [1.29, 1.82) is 0 Å². The minimum atomic E-state index is 0.155. The Labute approximate surface area is 202 Å². The SMILES string of the molecule is CC(=O)N1CCCN(Cc2cc3nc(-c4cnc(N)nc4)nc(N4CCOC[C@@H]4C)c3s2)CC1. The minimum Gasteiger partial charge on any atom is -0.377 e. The molecule has 5 heterocycles. The van der Waals surface area contributed by atoms with Gasteiger partial charge < -0.3 is 20.3 Å². The molecule has 0 aromatic carbocycles. The zero-order valence-electron chi connectivity index (χ0n) is 19.6. The average Bonchev–Trinajstić information content (AvgIpc) is 3.08. The highest BCUT2D eigenvalue weighted by Gasteiger charge is 2.25. The van der Waals surface area contributed by atoms with Crippen molar-refractivity contribution in [2.45, 2.75) is 32.9 Å². The van der Waals surface area contributed by atoms with E-state index in [0.717, 1.165) is 67.3 Å². The number of carbonyl (C=O) groups is 1. The number of rotatable bonds is 4. The fourth-order valence-electron chi connectivity index (χ4n) is 4.53. The number of nitrogens with zero attached hydrogens (tertiary/aromatic N) is 7. The van der Waals surface area contributed by atoms with E-state index in [1.807, 2.05) is 4.90 Å². The van der Waals surface area contributed by atoms with Crippen molar-refractivity contribution >= 4 is 39.2 Å². The molecule has 10 nitrogen and oxygen atoms in total. The lowest BCUT2D eigenvalue weighted by atomic mass is 10.2. The Kier molecular flexibility index (Phi) is 6.57. The van der Waals surface area contributed by atoms with Crippen molar-refractivity contribution < 1.29 is 9.53 Å². The highest BCUT2D eigenvalue weighted by Crippen LogP contribution is 2.36. The lowest BCUT2D eigenvalue weighted by Crippen LogP contribution is -2.44. The molecule has 1 amide bonds. The van der Waals surface area contributed by atoms with Crippen LogP contribution >= 0.6 is 11.3 Å². The Balaban J connectivity index is 1.48. The van der Waals surface area contributed by atoms with E-state index < -0.39 is 0 Å². The number of aromatic nitrogens is 4. The molecule has 2 fully saturated rings. The first-order valence-electron chi connectivity index (χ1n) is 11.7. The van der Waals surface area contributed by atoms with Gasteiger partial charge in [-0.15, -0.1) is 11.3 Å². The zero-order valence-corrected chi connectivity index (χ0v) is 20.4. The van der Waals surface area contributed by atoms with Crippen molar-refractivity contribution in [1.82, 2.24) is 29.7 Å². The summed E-state index contributed by atoms with van der Waals surface area (Å²) in [5.41, 5.74) is 7.34. The van der Waals surface area contributed by atoms with Gasteiger partial charge >= 0.3 is 0 Å². The fraction of sp³-hybridized carbons (Fsp3) is 0.522. The van der Waals surface area contributed by atoms with E-state index in [-0.39, 0.29) is 17.9 Å². The molecule has 0 spiro atoms. The van der Waals surface area contributed by atoms with Crippen molar-refractivity contribution in [2.24, 2.45) is 0 Å². The molecule has 180 valence electrons. The Morgan fingerprint density at radius 2 is 2.00 bits per heavy atom. The molecule has 2 saturated heterocycles. The van der Waals surface area contributed by atoms with Crippen LogP contribution in [0.4, 0.5) is 11.8 Å². The second-order valence-corrected chi connectivity index (χ2v) is 10.0. The van der Waals surface area contributed by atoms with Crippen LogP contribution in [0.25, 0.3) is 21.6 Å². The number of hydrogen-bond donors (Lipinski definition) is 1. The van der Waals surface area contributed by atoms with E-state index in [4.69, 9.17) is 20.4 Å². The molecule has 5 rings (SSSR count). The Bertz CT molecular complexity index is 1170. The molecule has 3 aromatic rings. The lowest BCUT2D eigenvalue weighted by Gasteiger charge is -2.34. The van der Waals surface area contributed by atoms with Gasteiger partial charge in [-0.25, -0.2) is 19.9 Å². The van der Waals surface area contributed by atoms with Gasteiger partial charge in [0.2, 0.25) is 11.9 Å². The van der Waals surface area contributed by atoms with E-state index >= 15 is 0 Å². The number of anilines is 2. The molecular formula is C23H30N8O2S. The number of hydrogen-bond acceptors (Lipinski definition) is 10. The third-order valence-electron chi connectivity index (χ3n) is 6.39. The van der Waals surface area contributed by atoms with E-state index in [0.29, 0.717) is 19.0 Å². The van der Waals surface area contributed by atoms with Crippen LogP contribution in [0.15, 0.2) is 18.5 Å². The van der Waals surface area contributed by atoms with Gasteiger partial charge in [-0.3, -0.25) is 9.69 Å². The minimum absolute atomic E-state index is 0.155. The maximum Gasteiger partial charge on any atom is 0.219 e. The largest absolute Gasteiger partial charge is 0.377 e. The Morgan fingerprint density at radius 3 is 2.76 bits per heavy atom. The molecule has 11 heteroatoms. The van der Waals surface area contributed by atoms with Crippen LogP contribution < -0.4 is 10.6 Å². The highest BCUT2D eigenvalue weighted by atomic mass is 32.1. The number of fused-ring (bicyclic) bond motifs is 1. The summed E-state index contributed by atoms with van der Waals surface area (Å²) in [5.74, 6) is 1.91. The van der Waals surface area contributed by atoms with Crippen molar-refractivity contribution in [3.05, 3.63) is 23.3 Å². The number of carbonyl (C=O) groups excluding carboxylic acids is 1. The first kappa shape index (κ1) is 22.9. The van der Waals surface area contributed by atoms with Gasteiger partial charge in [-0.05, 0) is 19.4 Å². The summed E-state index contributed by atoms with van der Waals surface area (Å²) in [6.45, 7) is 10.2. The Morgan fingerprint density at radius 1 is 1.18 bits per heavy atom. The maximum absolute atomic E-state index is 11.8. The molecule has 0 bridgehead atoms. The molecule has 2 aliphatic heterocycles. The van der Waals surface area contributed by atoms with Gasteiger partial charge in [0.05, 0.1) is 35.0 Å². The third-order valence-corrected chi connectivity index (χ3v) is 7.49. The molecule has 0 aliphatic carbocycles. The second-order valence-electron chi connectivity index (χ2n) is 8.88. The standard InChI is InChI=1S/C23H30N8O2S/c1-15-14-33-9-8-31(15)22-20-19(27-21(28-22)17-11-25-23(24)26-12-17)10-18(34-20)13-29-4-3-5-30(7-6-29)16(2)32/h10-12,15H,3-9,13-14H2,1-2H3,(H2,24,25,26)/t15-/m0/s1. The normalized spacial score (nSPS) is 20.0. The average molecular weight is 483 g/mol. The van der Waals surface area contributed by atoms with Crippen LogP contribution in [0.1, 0.15) is 25.1 Å². The van der Waals surface area contributed by atoms with E-state index in [9.17, 15) is 4.79 Å². The van der Waals surface area contributed by atoms with Crippen molar-refractivity contribution in [3.8, 4) is 11.4 Å². The molecular weight excluding hydrogens is 452 g/mol. The van der Waals surface area contributed by atoms with Gasteiger partial charge in [0.15, 0.2) is 11.6 Å². The highest BCUT2D eigenvalue weighted by molar-refractivity contribution is 7.19. The summed E-state index contributed by atoms with van der Waals surface area (Å²) in [4.78, 5) is 37.8. The quantitative estimate of drug-likeness (QED) is 0.596. The topological polar surface area (TPSA) is 114 Å². The smallest absolute Gasteiger partial charge is 0.219 e. The predicted molar refractivity (Wildman–Crippen MR) is 133 cm³/mol. The maximum atomic E-state index is 11.8. The molecule has 3 aromatic heterocycles. The number of thiophene rings is 1. The fourth-order valence-corrected chi connectivity index (χ4v) is 5.67. The van der Waals surface area contributed by atoms with Gasteiger partial charge in [0, 0.05) is 63.5 Å². The summed E-state index contributed by atoms with van der Waals surface area (Å²) >= 11 is 1.75. The molecule has 2 aliphatic rings. The summed E-state index contributed by atoms with van der Waals surface area (Å²) in [5, 5.41) is 0. The molecule has 0 radical (unpaired) electrons. The van der Waals surface area contributed by atoms with Crippen LogP contribution in [0, 0.1) is 0 Å². The van der Waals surface area contributed by atoms with Gasteiger partial charge in [-0.2, -0.15) is 0 Å². The molecule has 34 heavy (non-hydrogen) atoms. The molecule has 0 saturated carbocycles.